The summed E-state index contributed by atoms with van der Waals surface area (Å²) in [6, 6.07) is 12.9. The van der Waals surface area contributed by atoms with Gasteiger partial charge in [-0.05, 0) is 44.2 Å². The van der Waals surface area contributed by atoms with Crippen LogP contribution in [0.4, 0.5) is 24.8 Å². The van der Waals surface area contributed by atoms with Gasteiger partial charge in [0.15, 0.2) is 0 Å². The standard InChI is InChI=1S/C17H16F3N3/c1-11(2)23-15-9-4-3-8-14(15)22-16(23)21-13-7-5-6-12(10-13)17(18,19)20/h3-11H,1-2H3,(H,21,22). The number of benzene rings is 2. The maximum atomic E-state index is 12.8. The monoisotopic (exact) mass is 319 g/mol. The van der Waals surface area contributed by atoms with Crippen LogP contribution < -0.4 is 5.32 Å². The van der Waals surface area contributed by atoms with Gasteiger partial charge in [0.2, 0.25) is 5.95 Å². The van der Waals surface area contributed by atoms with Crippen LogP contribution in [0.1, 0.15) is 25.5 Å². The average molecular weight is 319 g/mol. The Bertz CT molecular complexity index is 834. The lowest BCUT2D eigenvalue weighted by Gasteiger charge is -2.15. The molecule has 1 aromatic heterocycles. The molecule has 0 saturated carbocycles. The van der Waals surface area contributed by atoms with Crippen LogP contribution in [-0.4, -0.2) is 9.55 Å². The molecule has 3 aromatic rings. The number of halogens is 3. The summed E-state index contributed by atoms with van der Waals surface area (Å²) < 4.78 is 40.5. The third-order valence-electron chi connectivity index (χ3n) is 3.56. The topological polar surface area (TPSA) is 29.9 Å². The van der Waals surface area contributed by atoms with Crippen LogP contribution in [0, 0.1) is 0 Å². The number of rotatable bonds is 3. The Kier molecular flexibility index (Phi) is 3.75. The van der Waals surface area contributed by atoms with Crippen molar-refractivity contribution in [1.29, 1.82) is 0 Å². The van der Waals surface area contributed by atoms with Crippen LogP contribution in [0.15, 0.2) is 48.5 Å². The number of anilines is 2. The number of para-hydroxylation sites is 2. The van der Waals surface area contributed by atoms with Gasteiger partial charge in [-0.1, -0.05) is 18.2 Å². The van der Waals surface area contributed by atoms with Crippen LogP contribution in [-0.2, 0) is 6.18 Å². The normalized spacial score (nSPS) is 12.1. The van der Waals surface area contributed by atoms with Crippen molar-refractivity contribution >= 4 is 22.7 Å². The fourth-order valence-electron chi connectivity index (χ4n) is 2.56. The largest absolute Gasteiger partial charge is 0.416 e. The molecule has 1 heterocycles. The van der Waals surface area contributed by atoms with Crippen molar-refractivity contribution in [2.24, 2.45) is 0 Å². The van der Waals surface area contributed by atoms with Gasteiger partial charge in [-0.25, -0.2) is 4.98 Å². The van der Waals surface area contributed by atoms with E-state index in [0.29, 0.717) is 11.6 Å². The van der Waals surface area contributed by atoms with Crippen molar-refractivity contribution in [3.63, 3.8) is 0 Å². The predicted octanol–water partition coefficient (Wildman–Crippen LogP) is 5.38. The fraction of sp³-hybridized carbons (Fsp3) is 0.235. The zero-order chi connectivity index (χ0) is 16.6. The molecule has 3 rings (SSSR count). The molecule has 0 unspecified atom stereocenters. The number of nitrogens with one attached hydrogen (secondary N) is 1. The summed E-state index contributed by atoms with van der Waals surface area (Å²) in [6.07, 6.45) is -4.37. The highest BCUT2D eigenvalue weighted by Gasteiger charge is 2.30. The van der Waals surface area contributed by atoms with Crippen molar-refractivity contribution in [3.8, 4) is 0 Å². The third kappa shape index (κ3) is 3.02. The van der Waals surface area contributed by atoms with E-state index in [1.807, 2.05) is 42.7 Å². The van der Waals surface area contributed by atoms with E-state index in [9.17, 15) is 13.2 Å². The van der Waals surface area contributed by atoms with Crippen molar-refractivity contribution < 1.29 is 13.2 Å². The second-order valence-corrected chi connectivity index (χ2v) is 5.59. The first-order chi connectivity index (χ1) is 10.9. The smallest absolute Gasteiger partial charge is 0.326 e. The molecule has 0 atom stereocenters. The van der Waals surface area contributed by atoms with E-state index in [1.165, 1.54) is 6.07 Å². The van der Waals surface area contributed by atoms with Gasteiger partial charge in [0, 0.05) is 11.7 Å². The van der Waals surface area contributed by atoms with Gasteiger partial charge in [0.25, 0.3) is 0 Å². The fourth-order valence-corrected chi connectivity index (χ4v) is 2.56. The Labute approximate surface area is 131 Å². The third-order valence-corrected chi connectivity index (χ3v) is 3.56. The number of hydrogen-bond donors (Lipinski definition) is 1. The molecule has 0 aliphatic heterocycles. The number of imidazole rings is 1. The molecule has 0 saturated heterocycles. The first-order valence-electron chi connectivity index (χ1n) is 7.27. The molecule has 0 spiro atoms. The summed E-state index contributed by atoms with van der Waals surface area (Å²) in [5, 5.41) is 3.01. The summed E-state index contributed by atoms with van der Waals surface area (Å²) in [5.41, 5.74) is 1.42. The van der Waals surface area contributed by atoms with E-state index >= 15 is 0 Å². The highest BCUT2D eigenvalue weighted by molar-refractivity contribution is 5.79. The molecule has 2 aromatic carbocycles. The van der Waals surface area contributed by atoms with Gasteiger partial charge in [0.1, 0.15) is 0 Å². The summed E-state index contributed by atoms with van der Waals surface area (Å²) in [6.45, 7) is 4.01. The van der Waals surface area contributed by atoms with E-state index in [-0.39, 0.29) is 6.04 Å². The SMILES string of the molecule is CC(C)n1c(Nc2cccc(C(F)(F)F)c2)nc2ccccc21. The Morgan fingerprint density at radius 3 is 2.48 bits per heavy atom. The Morgan fingerprint density at radius 1 is 1.04 bits per heavy atom. The van der Waals surface area contributed by atoms with Crippen LogP contribution in [0.3, 0.4) is 0 Å². The van der Waals surface area contributed by atoms with Crippen molar-refractivity contribution in [2.75, 3.05) is 5.32 Å². The molecule has 120 valence electrons. The maximum Gasteiger partial charge on any atom is 0.416 e. The summed E-state index contributed by atoms with van der Waals surface area (Å²) in [4.78, 5) is 4.49. The lowest BCUT2D eigenvalue weighted by molar-refractivity contribution is -0.137. The summed E-state index contributed by atoms with van der Waals surface area (Å²) in [5.74, 6) is 0.528. The van der Waals surface area contributed by atoms with E-state index in [1.54, 1.807) is 6.07 Å². The number of hydrogen-bond acceptors (Lipinski definition) is 2. The lowest BCUT2D eigenvalue weighted by Crippen LogP contribution is -2.08. The van der Waals surface area contributed by atoms with Crippen LogP contribution in [0.5, 0.6) is 0 Å². The van der Waals surface area contributed by atoms with Crippen LogP contribution in [0.2, 0.25) is 0 Å². The van der Waals surface area contributed by atoms with E-state index < -0.39 is 11.7 Å². The quantitative estimate of drug-likeness (QED) is 0.702. The number of fused-ring (bicyclic) bond motifs is 1. The van der Waals surface area contributed by atoms with Crippen molar-refractivity contribution in [3.05, 3.63) is 54.1 Å². The first-order valence-corrected chi connectivity index (χ1v) is 7.27. The Hall–Kier alpha value is -2.50. The molecule has 0 aliphatic carbocycles. The predicted molar refractivity (Wildman–Crippen MR) is 84.8 cm³/mol. The molecule has 0 bridgehead atoms. The number of nitrogens with zero attached hydrogens (tertiary/aromatic N) is 2. The molecule has 0 aliphatic rings. The van der Waals surface area contributed by atoms with Gasteiger partial charge in [-0.3, -0.25) is 0 Å². The number of aromatic nitrogens is 2. The number of alkyl halides is 3. The van der Waals surface area contributed by atoms with Crippen molar-refractivity contribution in [2.45, 2.75) is 26.1 Å². The second kappa shape index (κ2) is 5.61. The Morgan fingerprint density at radius 2 is 1.78 bits per heavy atom. The summed E-state index contributed by atoms with van der Waals surface area (Å²) >= 11 is 0. The zero-order valence-electron chi connectivity index (χ0n) is 12.7. The molecule has 3 nitrogen and oxygen atoms in total. The highest BCUT2D eigenvalue weighted by atomic mass is 19.4. The van der Waals surface area contributed by atoms with Crippen LogP contribution >= 0.6 is 0 Å². The van der Waals surface area contributed by atoms with E-state index in [4.69, 9.17) is 0 Å². The zero-order valence-corrected chi connectivity index (χ0v) is 12.7. The molecule has 0 fully saturated rings. The van der Waals surface area contributed by atoms with E-state index in [2.05, 4.69) is 10.3 Å². The van der Waals surface area contributed by atoms with Gasteiger partial charge in [0.05, 0.1) is 16.6 Å². The minimum Gasteiger partial charge on any atom is -0.326 e. The molecule has 1 N–H and O–H groups in total. The van der Waals surface area contributed by atoms with Crippen LogP contribution in [0.25, 0.3) is 11.0 Å². The summed E-state index contributed by atoms with van der Waals surface area (Å²) in [7, 11) is 0. The molecule has 0 amide bonds. The minimum atomic E-state index is -4.37. The van der Waals surface area contributed by atoms with E-state index in [0.717, 1.165) is 23.2 Å². The average Bonchev–Trinajstić information content (AvgIpc) is 2.84. The van der Waals surface area contributed by atoms with Gasteiger partial charge >= 0.3 is 6.18 Å². The molecule has 6 heteroatoms. The van der Waals surface area contributed by atoms with Gasteiger partial charge < -0.3 is 9.88 Å². The minimum absolute atomic E-state index is 0.121. The molecule has 23 heavy (non-hydrogen) atoms. The lowest BCUT2D eigenvalue weighted by atomic mass is 10.2. The maximum absolute atomic E-state index is 12.8. The second-order valence-electron chi connectivity index (χ2n) is 5.59. The van der Waals surface area contributed by atoms with Crippen molar-refractivity contribution in [1.82, 2.24) is 9.55 Å². The highest BCUT2D eigenvalue weighted by Crippen LogP contribution is 2.32. The Balaban J connectivity index is 2.03. The molecular formula is C17H16F3N3. The first kappa shape index (κ1) is 15.4. The van der Waals surface area contributed by atoms with Gasteiger partial charge in [-0.2, -0.15) is 13.2 Å². The van der Waals surface area contributed by atoms with Gasteiger partial charge in [-0.15, -0.1) is 0 Å². The molecule has 0 radical (unpaired) electrons. The molecular weight excluding hydrogens is 303 g/mol.